The van der Waals surface area contributed by atoms with Crippen LogP contribution in [0.3, 0.4) is 0 Å². The van der Waals surface area contributed by atoms with Crippen LogP contribution in [0.25, 0.3) is 0 Å². The summed E-state index contributed by atoms with van der Waals surface area (Å²) in [5.74, 6) is -2.05. The zero-order valence-corrected chi connectivity index (χ0v) is 11.4. The first-order valence-corrected chi connectivity index (χ1v) is 6.13. The van der Waals surface area contributed by atoms with Crippen molar-refractivity contribution in [3.63, 3.8) is 0 Å². The van der Waals surface area contributed by atoms with Crippen molar-refractivity contribution in [3.8, 4) is 0 Å². The molecule has 2 unspecified atom stereocenters. The zero-order valence-electron chi connectivity index (χ0n) is 11.4. The Kier molecular flexibility index (Phi) is 6.28. The molecular weight excluding hydrogens is 240 g/mol. The predicted octanol–water partition coefficient (Wildman–Crippen LogP) is 0.395. The van der Waals surface area contributed by atoms with Gasteiger partial charge in [0, 0.05) is 0 Å². The van der Waals surface area contributed by atoms with E-state index in [1.807, 2.05) is 0 Å². The Morgan fingerprint density at radius 3 is 1.28 bits per heavy atom. The van der Waals surface area contributed by atoms with Crippen molar-refractivity contribution in [1.82, 2.24) is 0 Å². The Labute approximate surface area is 107 Å². The van der Waals surface area contributed by atoms with Gasteiger partial charge in [-0.25, -0.2) is 9.59 Å². The van der Waals surface area contributed by atoms with Gasteiger partial charge in [0.15, 0.2) is 0 Å². The number of carbonyl (C=O) groups excluding carboxylic acids is 2. The minimum atomic E-state index is -2.30. The van der Waals surface area contributed by atoms with Gasteiger partial charge >= 0.3 is 11.9 Å². The summed E-state index contributed by atoms with van der Waals surface area (Å²) in [5, 5.41) is 20.6. The van der Waals surface area contributed by atoms with Crippen molar-refractivity contribution >= 4 is 11.9 Å². The summed E-state index contributed by atoms with van der Waals surface area (Å²) in [4.78, 5) is 23.5. The van der Waals surface area contributed by atoms with Crippen molar-refractivity contribution in [2.45, 2.75) is 51.7 Å². The number of carbonyl (C=O) groups is 2. The summed E-state index contributed by atoms with van der Waals surface area (Å²) in [7, 11) is 0. The molecule has 0 aliphatic carbocycles. The molecule has 0 aliphatic heterocycles. The SMILES string of the molecule is CCOC(=O)C(O)(CC)C(O)(CC)C(=O)OCC. The molecule has 106 valence electrons. The lowest BCUT2D eigenvalue weighted by Crippen LogP contribution is -2.64. The van der Waals surface area contributed by atoms with E-state index in [0.717, 1.165) is 0 Å². The predicted molar refractivity (Wildman–Crippen MR) is 63.7 cm³/mol. The molecule has 0 saturated carbocycles. The first kappa shape index (κ1) is 16.9. The van der Waals surface area contributed by atoms with E-state index in [9.17, 15) is 19.8 Å². The van der Waals surface area contributed by atoms with Crippen LogP contribution in [0.5, 0.6) is 0 Å². The van der Waals surface area contributed by atoms with Gasteiger partial charge in [-0.15, -0.1) is 0 Å². The molecule has 0 saturated heterocycles. The third kappa shape index (κ3) is 2.81. The fourth-order valence-corrected chi connectivity index (χ4v) is 1.71. The third-order valence-electron chi connectivity index (χ3n) is 2.93. The molecule has 2 N–H and O–H groups in total. The normalized spacial score (nSPS) is 17.4. The Morgan fingerprint density at radius 2 is 1.11 bits per heavy atom. The van der Waals surface area contributed by atoms with Crippen molar-refractivity contribution in [3.05, 3.63) is 0 Å². The maximum Gasteiger partial charge on any atom is 0.341 e. The van der Waals surface area contributed by atoms with E-state index in [-0.39, 0.29) is 26.1 Å². The number of esters is 2. The van der Waals surface area contributed by atoms with Crippen molar-refractivity contribution in [2.75, 3.05) is 13.2 Å². The molecule has 0 aromatic carbocycles. The quantitative estimate of drug-likeness (QED) is 0.645. The minimum absolute atomic E-state index is 0.0454. The van der Waals surface area contributed by atoms with Gasteiger partial charge in [0.25, 0.3) is 0 Å². The second-order valence-electron chi connectivity index (χ2n) is 3.87. The number of ether oxygens (including phenoxy) is 2. The largest absolute Gasteiger partial charge is 0.464 e. The van der Waals surface area contributed by atoms with Crippen molar-refractivity contribution < 1.29 is 29.3 Å². The fourth-order valence-electron chi connectivity index (χ4n) is 1.71. The van der Waals surface area contributed by atoms with Crippen LogP contribution in [0.4, 0.5) is 0 Å². The average molecular weight is 262 g/mol. The summed E-state index contributed by atoms with van der Waals surface area (Å²) in [6.45, 7) is 6.20. The molecule has 0 heterocycles. The van der Waals surface area contributed by atoms with Crippen LogP contribution in [0.2, 0.25) is 0 Å². The lowest BCUT2D eigenvalue weighted by Gasteiger charge is -2.38. The molecule has 0 spiro atoms. The van der Waals surface area contributed by atoms with Crippen LogP contribution >= 0.6 is 0 Å². The fraction of sp³-hybridized carbons (Fsp3) is 0.833. The standard InChI is InChI=1S/C12H22O6/c1-5-11(15,9(13)17-7-3)12(16,6-2)10(14)18-8-4/h15-16H,5-8H2,1-4H3. The molecule has 18 heavy (non-hydrogen) atoms. The minimum Gasteiger partial charge on any atom is -0.464 e. The molecule has 0 rings (SSSR count). The van der Waals surface area contributed by atoms with E-state index in [1.165, 1.54) is 13.8 Å². The average Bonchev–Trinajstić information content (AvgIpc) is 2.37. The molecule has 0 aliphatic rings. The van der Waals surface area contributed by atoms with E-state index < -0.39 is 23.1 Å². The first-order chi connectivity index (χ1) is 8.33. The highest BCUT2D eigenvalue weighted by Crippen LogP contribution is 2.32. The number of hydrogen-bond donors (Lipinski definition) is 2. The summed E-state index contributed by atoms with van der Waals surface area (Å²) < 4.78 is 9.44. The van der Waals surface area contributed by atoms with Gasteiger partial charge in [-0.3, -0.25) is 0 Å². The van der Waals surface area contributed by atoms with Gasteiger partial charge < -0.3 is 19.7 Å². The number of aliphatic hydroxyl groups is 2. The highest BCUT2D eigenvalue weighted by Gasteiger charge is 2.59. The highest BCUT2D eigenvalue weighted by molar-refractivity contribution is 5.92. The second-order valence-corrected chi connectivity index (χ2v) is 3.87. The molecular formula is C12H22O6. The maximum atomic E-state index is 11.8. The Morgan fingerprint density at radius 1 is 0.833 bits per heavy atom. The van der Waals surface area contributed by atoms with Crippen LogP contribution in [0, 0.1) is 0 Å². The van der Waals surface area contributed by atoms with Gasteiger partial charge in [-0.1, -0.05) is 13.8 Å². The molecule has 2 atom stereocenters. The molecule has 0 amide bonds. The van der Waals surface area contributed by atoms with E-state index in [0.29, 0.717) is 0 Å². The summed E-state index contributed by atoms with van der Waals surface area (Å²) >= 11 is 0. The van der Waals surface area contributed by atoms with E-state index >= 15 is 0 Å². The molecule has 0 aromatic heterocycles. The van der Waals surface area contributed by atoms with E-state index in [1.54, 1.807) is 13.8 Å². The van der Waals surface area contributed by atoms with Gasteiger partial charge in [0.1, 0.15) is 0 Å². The van der Waals surface area contributed by atoms with Crippen LogP contribution in [-0.4, -0.2) is 46.6 Å². The number of hydrogen-bond acceptors (Lipinski definition) is 6. The van der Waals surface area contributed by atoms with Crippen LogP contribution in [0.1, 0.15) is 40.5 Å². The summed E-state index contributed by atoms with van der Waals surface area (Å²) in [6.07, 6.45) is -0.316. The number of rotatable bonds is 7. The van der Waals surface area contributed by atoms with E-state index in [4.69, 9.17) is 9.47 Å². The van der Waals surface area contributed by atoms with Gasteiger partial charge in [0.05, 0.1) is 13.2 Å². The van der Waals surface area contributed by atoms with Crippen molar-refractivity contribution in [1.29, 1.82) is 0 Å². The Balaban J connectivity index is 5.42. The molecule has 0 aromatic rings. The summed E-state index contributed by atoms with van der Waals surface area (Å²) in [6, 6.07) is 0. The lowest BCUT2D eigenvalue weighted by atomic mass is 9.78. The smallest absolute Gasteiger partial charge is 0.341 e. The maximum absolute atomic E-state index is 11.8. The van der Waals surface area contributed by atoms with Gasteiger partial charge in [-0.05, 0) is 26.7 Å². The highest BCUT2D eigenvalue weighted by atomic mass is 16.6. The molecule has 6 heteroatoms. The Hall–Kier alpha value is -1.14. The third-order valence-corrected chi connectivity index (χ3v) is 2.93. The second kappa shape index (κ2) is 6.70. The van der Waals surface area contributed by atoms with Gasteiger partial charge in [0.2, 0.25) is 11.2 Å². The van der Waals surface area contributed by atoms with Crippen LogP contribution in [0.15, 0.2) is 0 Å². The summed E-state index contributed by atoms with van der Waals surface area (Å²) in [5.41, 5.74) is -4.60. The molecule has 0 bridgehead atoms. The first-order valence-electron chi connectivity index (χ1n) is 6.13. The Bertz CT molecular complexity index is 273. The zero-order chi connectivity index (χ0) is 14.4. The molecule has 6 nitrogen and oxygen atoms in total. The topological polar surface area (TPSA) is 93.1 Å². The van der Waals surface area contributed by atoms with E-state index in [2.05, 4.69) is 0 Å². The van der Waals surface area contributed by atoms with Crippen molar-refractivity contribution in [2.24, 2.45) is 0 Å². The lowest BCUT2D eigenvalue weighted by molar-refractivity contribution is -0.214. The van der Waals surface area contributed by atoms with Gasteiger partial charge in [-0.2, -0.15) is 0 Å². The van der Waals surface area contributed by atoms with Crippen LogP contribution < -0.4 is 0 Å². The monoisotopic (exact) mass is 262 g/mol. The molecule has 0 radical (unpaired) electrons. The van der Waals surface area contributed by atoms with Crippen LogP contribution in [-0.2, 0) is 19.1 Å². The molecule has 0 fully saturated rings.